The molecule has 1 rings (SSSR count). The Morgan fingerprint density at radius 3 is 2.53 bits per heavy atom. The highest BCUT2D eigenvalue weighted by atomic mass is 16.1. The van der Waals surface area contributed by atoms with Crippen molar-refractivity contribution in [1.82, 2.24) is 5.32 Å². The minimum atomic E-state index is -0.104. The van der Waals surface area contributed by atoms with E-state index < -0.39 is 0 Å². The molecule has 3 heteroatoms. The van der Waals surface area contributed by atoms with Crippen molar-refractivity contribution in [2.45, 2.75) is 19.9 Å². The average Bonchev–Trinajstić information content (AvgIpc) is 2.30. The van der Waals surface area contributed by atoms with Crippen molar-refractivity contribution in [3.63, 3.8) is 0 Å². The molecule has 0 bridgehead atoms. The Morgan fingerprint density at radius 2 is 1.94 bits per heavy atom. The summed E-state index contributed by atoms with van der Waals surface area (Å²) in [6.07, 6.45) is 6.90. The van der Waals surface area contributed by atoms with Gasteiger partial charge in [0.1, 0.15) is 0 Å². The van der Waals surface area contributed by atoms with Crippen molar-refractivity contribution in [3.8, 4) is 0 Å². The summed E-state index contributed by atoms with van der Waals surface area (Å²) in [5.74, 6) is -0.104. The van der Waals surface area contributed by atoms with Crippen molar-refractivity contribution in [3.05, 3.63) is 54.1 Å². The molecule has 17 heavy (non-hydrogen) atoms. The standard InChI is InChI=1S/C14H18N2O/c1-3-4-5-6-14(17)16-11(2)12-7-9-13(15)10-8-12/h3-11H,15H2,1-2H3,(H,16,17). The second-order valence-corrected chi connectivity index (χ2v) is 3.78. The van der Waals surface area contributed by atoms with Crippen LogP contribution in [-0.4, -0.2) is 5.91 Å². The quantitative estimate of drug-likeness (QED) is 0.474. The van der Waals surface area contributed by atoms with Crippen LogP contribution < -0.4 is 11.1 Å². The van der Waals surface area contributed by atoms with E-state index in [0.29, 0.717) is 0 Å². The highest BCUT2D eigenvalue weighted by Crippen LogP contribution is 2.13. The number of hydrogen-bond donors (Lipinski definition) is 2. The van der Waals surface area contributed by atoms with Crippen LogP contribution >= 0.6 is 0 Å². The van der Waals surface area contributed by atoms with Crippen LogP contribution in [0.3, 0.4) is 0 Å². The molecule has 3 nitrogen and oxygen atoms in total. The highest BCUT2D eigenvalue weighted by Gasteiger charge is 2.06. The molecule has 3 N–H and O–H groups in total. The summed E-state index contributed by atoms with van der Waals surface area (Å²) in [5.41, 5.74) is 7.36. The zero-order chi connectivity index (χ0) is 12.7. The predicted molar refractivity (Wildman–Crippen MR) is 71.4 cm³/mol. The summed E-state index contributed by atoms with van der Waals surface area (Å²) in [5, 5.41) is 2.87. The molecule has 0 aliphatic heterocycles. The fraction of sp³-hybridized carbons (Fsp3) is 0.214. The van der Waals surface area contributed by atoms with Gasteiger partial charge >= 0.3 is 0 Å². The molecule has 1 atom stereocenters. The fourth-order valence-electron chi connectivity index (χ4n) is 1.38. The van der Waals surface area contributed by atoms with E-state index in [4.69, 9.17) is 5.73 Å². The molecule has 0 fully saturated rings. The van der Waals surface area contributed by atoms with Crippen LogP contribution in [0.5, 0.6) is 0 Å². The van der Waals surface area contributed by atoms with Gasteiger partial charge in [-0.3, -0.25) is 4.79 Å². The van der Waals surface area contributed by atoms with Gasteiger partial charge in [0.2, 0.25) is 5.91 Å². The van der Waals surface area contributed by atoms with Crippen molar-refractivity contribution in [2.24, 2.45) is 0 Å². The molecule has 0 heterocycles. The third-order valence-corrected chi connectivity index (χ3v) is 2.35. The maximum Gasteiger partial charge on any atom is 0.244 e. The molecule has 0 saturated carbocycles. The van der Waals surface area contributed by atoms with E-state index in [0.717, 1.165) is 11.3 Å². The molecule has 1 aromatic carbocycles. The maximum absolute atomic E-state index is 11.5. The summed E-state index contributed by atoms with van der Waals surface area (Å²) in [6, 6.07) is 7.45. The van der Waals surface area contributed by atoms with E-state index in [1.165, 1.54) is 6.08 Å². The van der Waals surface area contributed by atoms with Crippen molar-refractivity contribution in [1.29, 1.82) is 0 Å². The monoisotopic (exact) mass is 230 g/mol. The molecule has 0 radical (unpaired) electrons. The lowest BCUT2D eigenvalue weighted by molar-refractivity contribution is -0.117. The van der Waals surface area contributed by atoms with Crippen LogP contribution in [-0.2, 0) is 4.79 Å². The number of nitrogen functional groups attached to an aromatic ring is 1. The van der Waals surface area contributed by atoms with Gasteiger partial charge in [0.05, 0.1) is 6.04 Å². The van der Waals surface area contributed by atoms with Gasteiger partial charge in [-0.25, -0.2) is 0 Å². The first kappa shape index (κ1) is 13.0. The lowest BCUT2D eigenvalue weighted by atomic mass is 10.1. The van der Waals surface area contributed by atoms with Gasteiger partial charge in [-0.15, -0.1) is 0 Å². The Balaban J connectivity index is 2.57. The molecule has 0 saturated heterocycles. The van der Waals surface area contributed by atoms with Gasteiger partial charge in [-0.1, -0.05) is 30.4 Å². The summed E-state index contributed by atoms with van der Waals surface area (Å²) in [4.78, 5) is 11.5. The zero-order valence-electron chi connectivity index (χ0n) is 10.2. The number of carbonyl (C=O) groups excluding carboxylic acids is 1. The number of hydrogen-bond acceptors (Lipinski definition) is 2. The second kappa shape index (κ2) is 6.53. The molecule has 0 aliphatic rings. The number of amides is 1. The SMILES string of the molecule is CC=CC=CC(=O)NC(C)c1ccc(N)cc1. The summed E-state index contributed by atoms with van der Waals surface area (Å²) in [6.45, 7) is 3.84. The molecule has 90 valence electrons. The third-order valence-electron chi connectivity index (χ3n) is 2.35. The molecule has 1 aromatic rings. The van der Waals surface area contributed by atoms with E-state index in [2.05, 4.69) is 5.32 Å². The zero-order valence-corrected chi connectivity index (χ0v) is 10.2. The lowest BCUT2D eigenvalue weighted by Gasteiger charge is -2.12. The van der Waals surface area contributed by atoms with Crippen LogP contribution in [0, 0.1) is 0 Å². The highest BCUT2D eigenvalue weighted by molar-refractivity contribution is 5.88. The van der Waals surface area contributed by atoms with Gasteiger partial charge in [0.15, 0.2) is 0 Å². The molecule has 1 unspecified atom stereocenters. The van der Waals surface area contributed by atoms with Crippen LogP contribution in [0.25, 0.3) is 0 Å². The van der Waals surface area contributed by atoms with E-state index in [9.17, 15) is 4.79 Å². The van der Waals surface area contributed by atoms with Crippen LogP contribution in [0.1, 0.15) is 25.5 Å². The molecular formula is C14H18N2O. The second-order valence-electron chi connectivity index (χ2n) is 3.78. The Kier molecular flexibility index (Phi) is 5.01. The summed E-state index contributed by atoms with van der Waals surface area (Å²) < 4.78 is 0. The first-order valence-corrected chi connectivity index (χ1v) is 5.58. The molecule has 0 aromatic heterocycles. The van der Waals surface area contributed by atoms with Gasteiger partial charge in [-0.05, 0) is 31.5 Å². The van der Waals surface area contributed by atoms with Crippen molar-refractivity contribution in [2.75, 3.05) is 5.73 Å². The molecular weight excluding hydrogens is 212 g/mol. The van der Waals surface area contributed by atoms with Gasteiger partial charge < -0.3 is 11.1 Å². The number of anilines is 1. The number of allylic oxidation sites excluding steroid dienone is 3. The number of nitrogens with one attached hydrogen (secondary N) is 1. The van der Waals surface area contributed by atoms with E-state index in [1.54, 1.807) is 6.08 Å². The molecule has 0 aliphatic carbocycles. The largest absolute Gasteiger partial charge is 0.399 e. The van der Waals surface area contributed by atoms with Crippen LogP contribution in [0.4, 0.5) is 5.69 Å². The van der Waals surface area contributed by atoms with E-state index in [1.807, 2.05) is 50.3 Å². The van der Waals surface area contributed by atoms with Gasteiger partial charge in [-0.2, -0.15) is 0 Å². The Labute approximate surface area is 102 Å². The number of rotatable bonds is 4. The van der Waals surface area contributed by atoms with Crippen molar-refractivity contribution >= 4 is 11.6 Å². The van der Waals surface area contributed by atoms with Gasteiger partial charge in [0, 0.05) is 11.8 Å². The Hall–Kier alpha value is -2.03. The van der Waals surface area contributed by atoms with Gasteiger partial charge in [0.25, 0.3) is 0 Å². The first-order valence-electron chi connectivity index (χ1n) is 5.58. The number of nitrogens with two attached hydrogens (primary N) is 1. The topological polar surface area (TPSA) is 55.1 Å². The summed E-state index contributed by atoms with van der Waals surface area (Å²) in [7, 11) is 0. The predicted octanol–water partition coefficient (Wildman–Crippen LogP) is 2.58. The van der Waals surface area contributed by atoms with E-state index in [-0.39, 0.29) is 11.9 Å². The average molecular weight is 230 g/mol. The summed E-state index contributed by atoms with van der Waals surface area (Å²) >= 11 is 0. The molecule has 0 spiro atoms. The maximum atomic E-state index is 11.5. The van der Waals surface area contributed by atoms with E-state index >= 15 is 0 Å². The normalized spacial score (nSPS) is 13.1. The third kappa shape index (κ3) is 4.55. The number of benzene rings is 1. The lowest BCUT2D eigenvalue weighted by Crippen LogP contribution is -2.24. The number of carbonyl (C=O) groups is 1. The minimum absolute atomic E-state index is 0.0293. The first-order chi connectivity index (χ1) is 8.13. The minimum Gasteiger partial charge on any atom is -0.399 e. The fourth-order valence-corrected chi connectivity index (χ4v) is 1.38. The Morgan fingerprint density at radius 1 is 1.29 bits per heavy atom. The molecule has 1 amide bonds. The Bertz CT molecular complexity index is 418. The van der Waals surface area contributed by atoms with Crippen molar-refractivity contribution < 1.29 is 4.79 Å². The smallest absolute Gasteiger partial charge is 0.244 e. The van der Waals surface area contributed by atoms with Crippen LogP contribution in [0.15, 0.2) is 48.6 Å². The van der Waals surface area contributed by atoms with Crippen LogP contribution in [0.2, 0.25) is 0 Å².